The molecule has 5 nitrogen and oxygen atoms in total. The quantitative estimate of drug-likeness (QED) is 0.502. The second kappa shape index (κ2) is 12.1. The lowest BCUT2D eigenvalue weighted by atomic mass is 10.7. The molecule has 0 saturated heterocycles. The van der Waals surface area contributed by atoms with Crippen LogP contribution in [0.2, 0.25) is 0 Å². The molecule has 0 aliphatic heterocycles. The van der Waals surface area contributed by atoms with Gasteiger partial charge in [-0.15, -0.1) is 0 Å². The topological polar surface area (TPSA) is 87.0 Å². The van der Waals surface area contributed by atoms with Crippen molar-refractivity contribution in [2.24, 2.45) is 0 Å². The molecule has 11 heavy (non-hydrogen) atoms. The number of aliphatic hydroxyl groups is 2. The Labute approximate surface area is 65.2 Å². The molecule has 0 aromatic carbocycles. The molecule has 0 heterocycles. The highest BCUT2D eigenvalue weighted by atomic mass is 16.5. The molecule has 0 rings (SSSR count). The smallest absolute Gasteiger partial charge is 0.329 e. The number of carbonyl (C=O) groups is 1. The van der Waals surface area contributed by atoms with Gasteiger partial charge in [0.1, 0.15) is 6.61 Å². The van der Waals surface area contributed by atoms with E-state index in [4.69, 9.17) is 15.3 Å². The molecule has 5 heteroatoms. The average molecular weight is 166 g/mol. The molecule has 0 aliphatic rings. The third-order valence-electron chi connectivity index (χ3n) is 0.530. The fourth-order valence-corrected chi connectivity index (χ4v) is 0.189. The lowest BCUT2D eigenvalue weighted by Crippen LogP contribution is -2.05. The molecule has 0 saturated carbocycles. The van der Waals surface area contributed by atoms with Gasteiger partial charge < -0.3 is 20.1 Å². The van der Waals surface area contributed by atoms with Crippen LogP contribution in [0.3, 0.4) is 0 Å². The van der Waals surface area contributed by atoms with Crippen LogP contribution in [0.25, 0.3) is 0 Å². The number of hydrogen-bond acceptors (Lipinski definition) is 4. The highest BCUT2D eigenvalue weighted by Gasteiger charge is 1.90. The van der Waals surface area contributed by atoms with Crippen molar-refractivity contribution < 1.29 is 24.9 Å². The first-order valence-electron chi connectivity index (χ1n) is 3.20. The van der Waals surface area contributed by atoms with Crippen LogP contribution in [0, 0.1) is 0 Å². The predicted molar refractivity (Wildman–Crippen MR) is 38.3 cm³/mol. The van der Waals surface area contributed by atoms with E-state index in [1.165, 1.54) is 0 Å². The largest absolute Gasteiger partial charge is 0.480 e. The van der Waals surface area contributed by atoms with Crippen molar-refractivity contribution in [3.05, 3.63) is 0 Å². The first-order valence-corrected chi connectivity index (χ1v) is 3.20. The third-order valence-corrected chi connectivity index (χ3v) is 0.530. The van der Waals surface area contributed by atoms with E-state index in [1.54, 1.807) is 6.92 Å². The first-order chi connectivity index (χ1) is 5.18. The van der Waals surface area contributed by atoms with Crippen LogP contribution in [-0.4, -0.2) is 47.7 Å². The fourth-order valence-electron chi connectivity index (χ4n) is 0.189. The van der Waals surface area contributed by atoms with Gasteiger partial charge in [-0.05, 0) is 6.92 Å². The molecule has 0 unspecified atom stereocenters. The van der Waals surface area contributed by atoms with Crippen molar-refractivity contribution in [1.82, 2.24) is 0 Å². The summed E-state index contributed by atoms with van der Waals surface area (Å²) in [5.74, 6) is -0.915. The van der Waals surface area contributed by atoms with Gasteiger partial charge in [-0.1, -0.05) is 0 Å². The van der Waals surface area contributed by atoms with Crippen LogP contribution >= 0.6 is 0 Å². The Hall–Kier alpha value is -0.650. The van der Waals surface area contributed by atoms with Crippen molar-refractivity contribution in [2.75, 3.05) is 26.4 Å². The number of carboxylic acids is 1. The van der Waals surface area contributed by atoms with Crippen LogP contribution in [0.1, 0.15) is 6.92 Å². The first kappa shape index (κ1) is 13.0. The Morgan fingerprint density at radius 3 is 1.91 bits per heavy atom. The Balaban J connectivity index is 0. The Kier molecular flexibility index (Phi) is 14.2. The summed E-state index contributed by atoms with van der Waals surface area (Å²) in [7, 11) is 0. The van der Waals surface area contributed by atoms with E-state index < -0.39 is 5.97 Å². The standard InChI is InChI=1S/C4H8O3.C2H6O2/c1-2-7-3-4(5)6;3-1-2-4/h2-3H2,1H3,(H,5,6);3-4H,1-2H2. The van der Waals surface area contributed by atoms with Gasteiger partial charge in [0.15, 0.2) is 0 Å². The maximum Gasteiger partial charge on any atom is 0.329 e. The number of ether oxygens (including phenoxy) is 1. The minimum Gasteiger partial charge on any atom is -0.480 e. The molecular weight excluding hydrogens is 152 g/mol. The van der Waals surface area contributed by atoms with Crippen LogP contribution < -0.4 is 0 Å². The zero-order chi connectivity index (χ0) is 9.11. The highest BCUT2D eigenvalue weighted by molar-refractivity contribution is 5.67. The van der Waals surface area contributed by atoms with E-state index in [-0.39, 0.29) is 19.8 Å². The minimum absolute atomic E-state index is 0.125. The van der Waals surface area contributed by atoms with Gasteiger partial charge in [-0.2, -0.15) is 0 Å². The zero-order valence-electron chi connectivity index (χ0n) is 6.49. The molecule has 0 amide bonds. The summed E-state index contributed by atoms with van der Waals surface area (Å²) in [6.45, 7) is 1.78. The molecule has 0 radical (unpaired) electrons. The summed E-state index contributed by atoms with van der Waals surface area (Å²) in [5, 5.41) is 23.2. The van der Waals surface area contributed by atoms with Crippen molar-refractivity contribution >= 4 is 5.97 Å². The lowest BCUT2D eigenvalue weighted by Gasteiger charge is -1.90. The number of aliphatic hydroxyl groups excluding tert-OH is 2. The molecule has 0 bridgehead atoms. The monoisotopic (exact) mass is 166 g/mol. The molecule has 0 fully saturated rings. The van der Waals surface area contributed by atoms with Crippen LogP contribution in [0.5, 0.6) is 0 Å². The normalized spacial score (nSPS) is 8.27. The van der Waals surface area contributed by atoms with E-state index in [1.807, 2.05) is 0 Å². The molecule has 68 valence electrons. The number of hydrogen-bond donors (Lipinski definition) is 3. The number of aliphatic carboxylic acids is 1. The van der Waals surface area contributed by atoms with Crippen LogP contribution in [-0.2, 0) is 9.53 Å². The van der Waals surface area contributed by atoms with Gasteiger partial charge in [0.25, 0.3) is 0 Å². The summed E-state index contributed by atoms with van der Waals surface area (Å²) >= 11 is 0. The van der Waals surface area contributed by atoms with E-state index in [2.05, 4.69) is 4.74 Å². The molecular formula is C6H14O5. The summed E-state index contributed by atoms with van der Waals surface area (Å²) in [4.78, 5) is 9.63. The SMILES string of the molecule is CCOCC(=O)O.OCCO. The molecule has 0 spiro atoms. The van der Waals surface area contributed by atoms with Crippen LogP contribution in [0.4, 0.5) is 0 Å². The van der Waals surface area contributed by atoms with E-state index >= 15 is 0 Å². The fraction of sp³-hybridized carbons (Fsp3) is 0.833. The molecule has 0 aromatic rings. The van der Waals surface area contributed by atoms with Crippen molar-refractivity contribution in [1.29, 1.82) is 0 Å². The van der Waals surface area contributed by atoms with E-state index in [0.717, 1.165) is 0 Å². The lowest BCUT2D eigenvalue weighted by molar-refractivity contribution is -0.142. The zero-order valence-corrected chi connectivity index (χ0v) is 6.49. The summed E-state index contributed by atoms with van der Waals surface area (Å²) < 4.78 is 4.50. The van der Waals surface area contributed by atoms with E-state index in [9.17, 15) is 4.79 Å². The second-order valence-corrected chi connectivity index (χ2v) is 1.48. The second-order valence-electron chi connectivity index (χ2n) is 1.48. The third kappa shape index (κ3) is 26.7. The van der Waals surface area contributed by atoms with Gasteiger partial charge in [0, 0.05) is 6.61 Å². The van der Waals surface area contributed by atoms with Gasteiger partial charge in [-0.25, -0.2) is 4.79 Å². The van der Waals surface area contributed by atoms with Crippen LogP contribution in [0.15, 0.2) is 0 Å². The summed E-state index contributed by atoms with van der Waals surface area (Å²) in [6, 6.07) is 0. The Morgan fingerprint density at radius 1 is 1.36 bits per heavy atom. The minimum atomic E-state index is -0.915. The van der Waals surface area contributed by atoms with Crippen molar-refractivity contribution in [2.45, 2.75) is 6.92 Å². The Morgan fingerprint density at radius 2 is 1.82 bits per heavy atom. The van der Waals surface area contributed by atoms with Crippen molar-refractivity contribution in [3.63, 3.8) is 0 Å². The van der Waals surface area contributed by atoms with Gasteiger partial charge >= 0.3 is 5.97 Å². The molecule has 0 atom stereocenters. The maximum absolute atomic E-state index is 9.63. The highest BCUT2D eigenvalue weighted by Crippen LogP contribution is 1.69. The predicted octanol–water partition coefficient (Wildman–Crippen LogP) is -0.921. The average Bonchev–Trinajstić information content (AvgIpc) is 2.01. The van der Waals surface area contributed by atoms with Gasteiger partial charge in [0.05, 0.1) is 13.2 Å². The van der Waals surface area contributed by atoms with Gasteiger partial charge in [0.2, 0.25) is 0 Å². The molecule has 0 aromatic heterocycles. The van der Waals surface area contributed by atoms with Gasteiger partial charge in [-0.3, -0.25) is 0 Å². The maximum atomic E-state index is 9.63. The Bertz CT molecular complexity index is 81.0. The summed E-state index contributed by atoms with van der Waals surface area (Å²) in [5.41, 5.74) is 0. The van der Waals surface area contributed by atoms with E-state index in [0.29, 0.717) is 6.61 Å². The van der Waals surface area contributed by atoms with Crippen molar-refractivity contribution in [3.8, 4) is 0 Å². The number of carboxylic acid groups (broad SMARTS) is 1. The molecule has 3 N–H and O–H groups in total. The summed E-state index contributed by atoms with van der Waals surface area (Å²) in [6.07, 6.45) is 0. The molecule has 0 aliphatic carbocycles. The number of rotatable bonds is 4.